The highest BCUT2D eigenvalue weighted by Crippen LogP contribution is 2.33. The van der Waals surface area contributed by atoms with Gasteiger partial charge in [0.2, 0.25) is 0 Å². The number of carbonyl (C=O) groups excluding carboxylic acids is 1. The van der Waals surface area contributed by atoms with Crippen molar-refractivity contribution in [2.45, 2.75) is 24.6 Å². The first-order chi connectivity index (χ1) is 13.8. The number of nitrogens with one attached hydrogen (secondary N) is 1. The van der Waals surface area contributed by atoms with Gasteiger partial charge in [-0.3, -0.25) is 14.3 Å². The maximum absolute atomic E-state index is 15.1. The number of aryl methyl sites for hydroxylation is 1. The minimum absolute atomic E-state index is 0. The molecule has 1 saturated heterocycles. The Labute approximate surface area is 200 Å². The molecule has 162 valence electrons. The summed E-state index contributed by atoms with van der Waals surface area (Å²) in [5.41, 5.74) is -1.20. The van der Waals surface area contributed by atoms with Crippen LogP contribution in [0, 0.1) is 0 Å². The Morgan fingerprint density at radius 2 is 2.23 bits per heavy atom. The first-order valence-corrected chi connectivity index (χ1v) is 9.79. The maximum atomic E-state index is 15.1. The van der Waals surface area contributed by atoms with E-state index >= 15 is 4.39 Å². The largest absolute Gasteiger partial charge is 1.00 e. The Morgan fingerprint density at radius 3 is 2.87 bits per heavy atom. The Kier molecular flexibility index (Phi) is 8.69. The van der Waals surface area contributed by atoms with E-state index in [9.17, 15) is 19.5 Å². The first-order valence-electron chi connectivity index (χ1n) is 8.54. The van der Waals surface area contributed by atoms with Crippen molar-refractivity contribution in [2.24, 2.45) is 7.05 Å². The number of aromatic amines is 1. The van der Waals surface area contributed by atoms with Crippen LogP contribution in [0.15, 0.2) is 44.4 Å². The van der Waals surface area contributed by atoms with Crippen molar-refractivity contribution in [3.63, 3.8) is 0 Å². The molecule has 9 nitrogen and oxygen atoms in total. The molecule has 1 aliphatic rings. The van der Waals surface area contributed by atoms with Crippen molar-refractivity contribution in [2.75, 3.05) is 6.61 Å². The van der Waals surface area contributed by atoms with Gasteiger partial charge in [-0.05, 0) is 16.2 Å². The summed E-state index contributed by atoms with van der Waals surface area (Å²) in [5, 5.41) is 9.55. The average molecular weight is 645 g/mol. The minimum atomic E-state index is -1.95. The lowest BCUT2D eigenvalue weighted by Gasteiger charge is -2.18. The fraction of sp³-hybridized carbons (Fsp3) is 0.333. The van der Waals surface area contributed by atoms with E-state index in [1.54, 1.807) is 28.0 Å². The van der Waals surface area contributed by atoms with Gasteiger partial charge >= 0.3 is 11.7 Å². The maximum Gasteiger partial charge on any atom is 0.344 e. The molecule has 0 bridgehead atoms. The van der Waals surface area contributed by atoms with E-state index in [1.807, 2.05) is 22.6 Å². The summed E-state index contributed by atoms with van der Waals surface area (Å²) < 4.78 is 29.9. The van der Waals surface area contributed by atoms with E-state index in [0.29, 0.717) is 0 Å². The molecule has 0 radical (unpaired) electrons. The van der Waals surface area contributed by atoms with Crippen molar-refractivity contribution in [3.05, 3.63) is 66.8 Å². The standard InChI is InChI=1S/C18H17FIN3O6.HI/c1-22-6-2-3-11(7-22)17(26)29-14-12(9-24)28-16(13(14)19)23-8-10(4-5-20)15(25)21-18(23)27;/h2-8,12-14,16,24H,9H2,1H3;1H/t12-,13-,14-,16-;/m1./s1. The van der Waals surface area contributed by atoms with Crippen LogP contribution in [-0.4, -0.2) is 45.6 Å². The van der Waals surface area contributed by atoms with Crippen LogP contribution in [0.5, 0.6) is 0 Å². The quantitative estimate of drug-likeness (QED) is 0.207. The van der Waals surface area contributed by atoms with Gasteiger partial charge in [0, 0.05) is 12.3 Å². The highest BCUT2D eigenvalue weighted by Gasteiger charge is 2.49. The summed E-state index contributed by atoms with van der Waals surface area (Å²) in [6.45, 7) is -0.629. The summed E-state index contributed by atoms with van der Waals surface area (Å²) in [4.78, 5) is 38.5. The molecule has 3 rings (SSSR count). The van der Waals surface area contributed by atoms with Crippen molar-refractivity contribution < 1.29 is 52.3 Å². The van der Waals surface area contributed by atoms with Gasteiger partial charge in [0.1, 0.15) is 18.7 Å². The van der Waals surface area contributed by atoms with Crippen molar-refractivity contribution in [3.8, 4) is 0 Å². The lowest BCUT2D eigenvalue weighted by molar-refractivity contribution is -0.671. The number of aliphatic hydroxyl groups is 1. The van der Waals surface area contributed by atoms with Gasteiger partial charge in [0.05, 0.1) is 12.2 Å². The molecular formula is C18H18FI2N3O6. The monoisotopic (exact) mass is 645 g/mol. The highest BCUT2D eigenvalue weighted by atomic mass is 127. The van der Waals surface area contributed by atoms with Crippen LogP contribution in [0.3, 0.4) is 0 Å². The third kappa shape index (κ3) is 5.15. The molecule has 1 fully saturated rings. The summed E-state index contributed by atoms with van der Waals surface area (Å²) >= 11 is 1.90. The fourth-order valence-electron chi connectivity index (χ4n) is 2.98. The van der Waals surface area contributed by atoms with Gasteiger partial charge in [-0.15, -0.1) is 0 Å². The molecule has 1 aliphatic heterocycles. The summed E-state index contributed by atoms with van der Waals surface area (Å²) in [6, 6.07) is 3.13. The topological polar surface area (TPSA) is 114 Å². The number of aromatic nitrogens is 3. The van der Waals surface area contributed by atoms with Gasteiger partial charge in [-0.25, -0.2) is 18.5 Å². The van der Waals surface area contributed by atoms with Crippen LogP contribution in [0.25, 0.3) is 6.08 Å². The van der Waals surface area contributed by atoms with E-state index in [-0.39, 0.29) is 35.1 Å². The molecule has 2 aromatic heterocycles. The normalized spacial score (nSPS) is 23.3. The molecule has 0 amide bonds. The van der Waals surface area contributed by atoms with Crippen LogP contribution in [0.1, 0.15) is 22.1 Å². The van der Waals surface area contributed by atoms with Gasteiger partial charge in [-0.2, -0.15) is 0 Å². The Morgan fingerprint density at radius 1 is 1.50 bits per heavy atom. The van der Waals surface area contributed by atoms with E-state index < -0.39 is 48.4 Å². The molecule has 0 unspecified atom stereocenters. The van der Waals surface area contributed by atoms with E-state index in [4.69, 9.17) is 9.47 Å². The lowest BCUT2D eigenvalue weighted by atomic mass is 10.1. The number of H-pyrrole nitrogens is 1. The number of ether oxygens (including phenoxy) is 2. The van der Waals surface area contributed by atoms with Crippen LogP contribution in [0.2, 0.25) is 0 Å². The Balaban J connectivity index is 0.00000320. The van der Waals surface area contributed by atoms with Crippen molar-refractivity contribution in [1.29, 1.82) is 0 Å². The molecule has 4 atom stereocenters. The summed E-state index contributed by atoms with van der Waals surface area (Å²) in [5.74, 6) is -0.793. The van der Waals surface area contributed by atoms with Gasteiger partial charge in [0.15, 0.2) is 30.9 Å². The molecule has 3 heterocycles. The van der Waals surface area contributed by atoms with Crippen LogP contribution in [0.4, 0.5) is 4.39 Å². The third-order valence-electron chi connectivity index (χ3n) is 4.38. The number of rotatable bonds is 5. The molecule has 0 saturated carbocycles. The number of alkyl halides is 1. The highest BCUT2D eigenvalue weighted by molar-refractivity contribution is 14.1. The van der Waals surface area contributed by atoms with Crippen LogP contribution >= 0.6 is 22.6 Å². The van der Waals surface area contributed by atoms with E-state index in [1.165, 1.54) is 18.3 Å². The predicted octanol–water partition coefficient (Wildman–Crippen LogP) is -2.78. The second kappa shape index (κ2) is 10.6. The van der Waals surface area contributed by atoms with Crippen LogP contribution in [-0.2, 0) is 16.5 Å². The zero-order valence-electron chi connectivity index (χ0n) is 15.6. The molecule has 0 aromatic carbocycles. The SMILES string of the molecule is C[n+]1cccc(C(=O)O[C@H]2[C@@H](F)[C@H](n3cc(C=CI)c(=O)[nH]c3=O)O[C@@H]2CO)c1.[I-]. The van der Waals surface area contributed by atoms with Crippen molar-refractivity contribution >= 4 is 34.6 Å². The fourth-order valence-corrected chi connectivity index (χ4v) is 3.37. The zero-order chi connectivity index (χ0) is 21.1. The smallest absolute Gasteiger partial charge is 0.344 e. The molecule has 2 N–H and O–H groups in total. The Hall–Kier alpha value is -1.65. The summed E-state index contributed by atoms with van der Waals surface area (Å²) in [7, 11) is 1.71. The molecule has 0 aliphatic carbocycles. The molecular weight excluding hydrogens is 627 g/mol. The number of esters is 1. The zero-order valence-corrected chi connectivity index (χ0v) is 19.9. The average Bonchev–Trinajstić information content (AvgIpc) is 2.99. The van der Waals surface area contributed by atoms with E-state index in [0.717, 1.165) is 10.8 Å². The molecule has 0 spiro atoms. The number of hydrogen-bond donors (Lipinski definition) is 2. The number of halogens is 3. The number of carbonyl (C=O) groups is 1. The van der Waals surface area contributed by atoms with Gasteiger partial charge in [0.25, 0.3) is 5.56 Å². The van der Waals surface area contributed by atoms with Crippen molar-refractivity contribution in [1.82, 2.24) is 9.55 Å². The lowest BCUT2D eigenvalue weighted by Crippen LogP contribution is -3.00. The van der Waals surface area contributed by atoms with Gasteiger partial charge in [-0.1, -0.05) is 22.6 Å². The van der Waals surface area contributed by atoms with E-state index in [2.05, 4.69) is 4.98 Å². The molecule has 30 heavy (non-hydrogen) atoms. The van der Waals surface area contributed by atoms with Gasteiger partial charge < -0.3 is 38.6 Å². The molecule has 2 aromatic rings. The van der Waals surface area contributed by atoms with Crippen LogP contribution < -0.4 is 39.8 Å². The minimum Gasteiger partial charge on any atom is -1.00 e. The third-order valence-corrected chi connectivity index (χ3v) is 4.74. The Bertz CT molecular complexity index is 1060. The second-order valence-electron chi connectivity index (χ2n) is 6.36. The number of nitrogens with zero attached hydrogens (tertiary/aromatic N) is 2. The summed E-state index contributed by atoms with van der Waals surface area (Å²) in [6.07, 6.45) is -0.242. The molecule has 12 heteroatoms. The number of pyridine rings is 1. The second-order valence-corrected chi connectivity index (χ2v) is 7.08. The number of aliphatic hydroxyl groups excluding tert-OH is 1. The first kappa shape index (κ1) is 24.6. The number of hydrogen-bond acceptors (Lipinski definition) is 6. The predicted molar refractivity (Wildman–Crippen MR) is 107 cm³/mol.